The summed E-state index contributed by atoms with van der Waals surface area (Å²) in [6, 6.07) is 16.9. The Morgan fingerprint density at radius 1 is 0.931 bits per heavy atom. The molecule has 0 unspecified atom stereocenters. The number of fused-ring (bicyclic) bond motifs is 1. The van der Waals surface area contributed by atoms with Crippen LogP contribution >= 0.6 is 0 Å². The highest BCUT2D eigenvalue weighted by Crippen LogP contribution is 2.38. The number of carbonyl (C=O) groups excluding carboxylic acids is 2. The van der Waals surface area contributed by atoms with Gasteiger partial charge in [0.1, 0.15) is 17.3 Å². The van der Waals surface area contributed by atoms with Crippen molar-refractivity contribution in [3.63, 3.8) is 0 Å². The fraction of sp³-hybridized carbons (Fsp3) is 0.130. The van der Waals surface area contributed by atoms with Crippen molar-refractivity contribution in [2.45, 2.75) is 13.0 Å². The zero-order valence-corrected chi connectivity index (χ0v) is 15.5. The molecule has 0 fully saturated rings. The van der Waals surface area contributed by atoms with E-state index < -0.39 is 11.7 Å². The molecule has 0 bridgehead atoms. The molecule has 2 aromatic carbocycles. The first-order chi connectivity index (χ1) is 14.1. The van der Waals surface area contributed by atoms with E-state index in [2.05, 4.69) is 0 Å². The molecule has 3 heterocycles. The SMILES string of the molecule is O=C1C(c2ccc(F)cc2)=C(N2CCc3ccccc32)C(=O)N1Cc1ccco1. The topological polar surface area (TPSA) is 53.8 Å². The Balaban J connectivity index is 1.63. The summed E-state index contributed by atoms with van der Waals surface area (Å²) in [4.78, 5) is 29.8. The van der Waals surface area contributed by atoms with Gasteiger partial charge in [0, 0.05) is 12.2 Å². The van der Waals surface area contributed by atoms with Crippen molar-refractivity contribution in [1.82, 2.24) is 4.90 Å². The number of hydrogen-bond donors (Lipinski definition) is 0. The minimum atomic E-state index is -0.405. The third kappa shape index (κ3) is 2.84. The smallest absolute Gasteiger partial charge is 0.278 e. The third-order valence-electron chi connectivity index (χ3n) is 5.33. The first-order valence-electron chi connectivity index (χ1n) is 9.38. The fourth-order valence-corrected chi connectivity index (χ4v) is 3.96. The second-order valence-corrected chi connectivity index (χ2v) is 7.04. The minimum Gasteiger partial charge on any atom is -0.467 e. The molecule has 144 valence electrons. The first kappa shape index (κ1) is 17.4. The molecule has 5 nitrogen and oxygen atoms in total. The van der Waals surface area contributed by atoms with Crippen molar-refractivity contribution < 1.29 is 18.4 Å². The number of carbonyl (C=O) groups is 2. The molecular formula is C23H17FN2O3. The number of para-hydroxylation sites is 1. The van der Waals surface area contributed by atoms with Crippen LogP contribution in [0.4, 0.5) is 10.1 Å². The molecule has 0 saturated carbocycles. The van der Waals surface area contributed by atoms with Gasteiger partial charge in [-0.3, -0.25) is 14.5 Å². The van der Waals surface area contributed by atoms with Gasteiger partial charge in [0.2, 0.25) is 0 Å². The van der Waals surface area contributed by atoms with Crippen LogP contribution in [0, 0.1) is 5.82 Å². The Labute approximate surface area is 166 Å². The maximum absolute atomic E-state index is 13.5. The Morgan fingerprint density at radius 3 is 2.48 bits per heavy atom. The summed E-state index contributed by atoms with van der Waals surface area (Å²) in [5, 5.41) is 0. The summed E-state index contributed by atoms with van der Waals surface area (Å²) in [6.45, 7) is 0.654. The molecular weight excluding hydrogens is 371 g/mol. The highest BCUT2D eigenvalue weighted by molar-refractivity contribution is 6.36. The zero-order valence-electron chi connectivity index (χ0n) is 15.5. The molecule has 2 aliphatic rings. The molecule has 1 aromatic heterocycles. The Kier molecular flexibility index (Phi) is 4.05. The van der Waals surface area contributed by atoms with Crippen LogP contribution in [0.1, 0.15) is 16.9 Å². The Bertz CT molecular complexity index is 1130. The molecule has 6 heteroatoms. The zero-order chi connectivity index (χ0) is 20.0. The molecule has 0 spiro atoms. The second-order valence-electron chi connectivity index (χ2n) is 7.04. The molecule has 0 radical (unpaired) electrons. The van der Waals surface area contributed by atoms with E-state index in [1.165, 1.54) is 35.4 Å². The standard InChI is InChI=1S/C23H17FN2O3/c24-17-9-7-16(8-10-17)20-21(25-12-11-15-4-1-2-6-19(15)25)23(28)26(22(20)27)14-18-5-3-13-29-18/h1-10,13H,11-12,14H2. The molecule has 2 aliphatic heterocycles. The summed E-state index contributed by atoms with van der Waals surface area (Å²) >= 11 is 0. The van der Waals surface area contributed by atoms with E-state index in [0.29, 0.717) is 29.1 Å². The number of furan rings is 1. The number of hydrogen-bond acceptors (Lipinski definition) is 4. The van der Waals surface area contributed by atoms with E-state index in [1.807, 2.05) is 29.2 Å². The van der Waals surface area contributed by atoms with Crippen molar-refractivity contribution in [3.05, 3.63) is 95.3 Å². The van der Waals surface area contributed by atoms with Crippen molar-refractivity contribution in [3.8, 4) is 0 Å². The van der Waals surface area contributed by atoms with Crippen LogP contribution in [0.25, 0.3) is 5.57 Å². The van der Waals surface area contributed by atoms with Crippen LogP contribution in [0.2, 0.25) is 0 Å². The summed E-state index contributed by atoms with van der Waals surface area (Å²) in [5.41, 5.74) is 3.19. The average Bonchev–Trinajstić information content (AvgIpc) is 3.44. The van der Waals surface area contributed by atoms with Gasteiger partial charge in [0.25, 0.3) is 11.8 Å². The third-order valence-corrected chi connectivity index (χ3v) is 5.33. The van der Waals surface area contributed by atoms with Gasteiger partial charge >= 0.3 is 0 Å². The summed E-state index contributed by atoms with van der Waals surface area (Å²) in [5.74, 6) is -0.653. The number of benzene rings is 2. The number of anilines is 1. The number of nitrogens with zero attached hydrogens (tertiary/aromatic N) is 2. The first-order valence-corrected chi connectivity index (χ1v) is 9.38. The number of rotatable bonds is 4. The van der Waals surface area contributed by atoms with Gasteiger partial charge < -0.3 is 9.32 Å². The quantitative estimate of drug-likeness (QED) is 0.639. The highest BCUT2D eigenvalue weighted by atomic mass is 19.1. The van der Waals surface area contributed by atoms with Crippen molar-refractivity contribution >= 4 is 23.1 Å². The molecule has 0 N–H and O–H groups in total. The lowest BCUT2D eigenvalue weighted by Gasteiger charge is -2.21. The molecule has 29 heavy (non-hydrogen) atoms. The lowest BCUT2D eigenvalue weighted by molar-refractivity contribution is -0.137. The monoisotopic (exact) mass is 388 g/mol. The van der Waals surface area contributed by atoms with Crippen LogP contribution in [0.3, 0.4) is 0 Å². The summed E-state index contributed by atoms with van der Waals surface area (Å²) in [6.07, 6.45) is 2.29. The van der Waals surface area contributed by atoms with E-state index >= 15 is 0 Å². The number of halogens is 1. The van der Waals surface area contributed by atoms with Gasteiger partial charge in [0.05, 0.1) is 18.4 Å². The van der Waals surface area contributed by atoms with Crippen molar-refractivity contribution in [2.75, 3.05) is 11.4 Å². The molecule has 2 amide bonds. The molecule has 0 aliphatic carbocycles. The van der Waals surface area contributed by atoms with Gasteiger partial charge in [-0.1, -0.05) is 30.3 Å². The van der Waals surface area contributed by atoms with E-state index in [0.717, 1.165) is 17.7 Å². The van der Waals surface area contributed by atoms with E-state index in [-0.39, 0.29) is 12.5 Å². The van der Waals surface area contributed by atoms with E-state index in [9.17, 15) is 14.0 Å². The highest BCUT2D eigenvalue weighted by Gasteiger charge is 2.43. The maximum Gasteiger partial charge on any atom is 0.278 e. The maximum atomic E-state index is 13.5. The fourth-order valence-electron chi connectivity index (χ4n) is 3.96. The van der Waals surface area contributed by atoms with Gasteiger partial charge in [-0.2, -0.15) is 0 Å². The van der Waals surface area contributed by atoms with Gasteiger partial charge in [-0.05, 0) is 47.9 Å². The van der Waals surface area contributed by atoms with Gasteiger partial charge in [-0.25, -0.2) is 4.39 Å². The summed E-state index contributed by atoms with van der Waals surface area (Å²) < 4.78 is 18.8. The van der Waals surface area contributed by atoms with Crippen LogP contribution in [-0.2, 0) is 22.6 Å². The van der Waals surface area contributed by atoms with E-state index in [4.69, 9.17) is 4.42 Å². The van der Waals surface area contributed by atoms with Crippen molar-refractivity contribution in [1.29, 1.82) is 0 Å². The molecule has 0 saturated heterocycles. The molecule has 5 rings (SSSR count). The van der Waals surface area contributed by atoms with Crippen LogP contribution in [0.15, 0.2) is 77.0 Å². The lowest BCUT2D eigenvalue weighted by Crippen LogP contribution is -2.34. The van der Waals surface area contributed by atoms with Crippen molar-refractivity contribution in [2.24, 2.45) is 0 Å². The van der Waals surface area contributed by atoms with E-state index in [1.54, 1.807) is 12.1 Å². The number of imide groups is 1. The second kappa shape index (κ2) is 6.74. The lowest BCUT2D eigenvalue weighted by atomic mass is 10.0. The van der Waals surface area contributed by atoms with Crippen LogP contribution < -0.4 is 4.90 Å². The predicted molar refractivity (Wildman–Crippen MR) is 105 cm³/mol. The number of amides is 2. The van der Waals surface area contributed by atoms with Gasteiger partial charge in [-0.15, -0.1) is 0 Å². The normalized spacial score (nSPS) is 16.2. The van der Waals surface area contributed by atoms with Crippen LogP contribution in [-0.4, -0.2) is 23.3 Å². The summed E-state index contributed by atoms with van der Waals surface area (Å²) in [7, 11) is 0. The molecule has 0 atom stereocenters. The predicted octanol–water partition coefficient (Wildman–Crippen LogP) is 3.76. The van der Waals surface area contributed by atoms with Gasteiger partial charge in [0.15, 0.2) is 0 Å². The minimum absolute atomic E-state index is 0.0499. The Morgan fingerprint density at radius 2 is 1.72 bits per heavy atom. The largest absolute Gasteiger partial charge is 0.467 e. The average molecular weight is 388 g/mol. The Hall–Kier alpha value is -3.67. The van der Waals surface area contributed by atoms with Crippen LogP contribution in [0.5, 0.6) is 0 Å². The molecule has 3 aromatic rings.